The monoisotopic (exact) mass is 223 g/mol. The Kier molecular flexibility index (Phi) is 3.37. The van der Waals surface area contributed by atoms with Gasteiger partial charge in [-0.3, -0.25) is 4.98 Å². The van der Waals surface area contributed by atoms with E-state index in [-0.39, 0.29) is 0 Å². The summed E-state index contributed by atoms with van der Waals surface area (Å²) in [5.74, 6) is 0. The van der Waals surface area contributed by atoms with E-state index in [0.717, 1.165) is 17.8 Å². The predicted octanol–water partition coefficient (Wildman–Crippen LogP) is 2.59. The van der Waals surface area contributed by atoms with Crippen LogP contribution in [0.1, 0.15) is 11.1 Å². The molecule has 0 aliphatic carbocycles. The van der Waals surface area contributed by atoms with Crippen molar-refractivity contribution in [1.29, 1.82) is 5.26 Å². The number of anilines is 1. The summed E-state index contributed by atoms with van der Waals surface area (Å²) in [6.45, 7) is 0.777. The highest BCUT2D eigenvalue weighted by atomic mass is 15.1. The summed E-state index contributed by atoms with van der Waals surface area (Å²) in [7, 11) is 2.02. The van der Waals surface area contributed by atoms with Crippen molar-refractivity contribution in [2.45, 2.75) is 6.54 Å². The van der Waals surface area contributed by atoms with Gasteiger partial charge in [-0.05, 0) is 29.8 Å². The van der Waals surface area contributed by atoms with Gasteiger partial charge < -0.3 is 4.90 Å². The maximum Gasteiger partial charge on any atom is 0.0991 e. The van der Waals surface area contributed by atoms with E-state index < -0.39 is 0 Å². The quantitative estimate of drug-likeness (QED) is 0.803. The molecular weight excluding hydrogens is 210 g/mol. The zero-order chi connectivity index (χ0) is 12.1. The van der Waals surface area contributed by atoms with E-state index in [0.29, 0.717) is 5.56 Å². The lowest BCUT2D eigenvalue weighted by atomic mass is 10.1. The van der Waals surface area contributed by atoms with Crippen LogP contribution >= 0.6 is 0 Å². The molecule has 3 heteroatoms. The Balaban J connectivity index is 2.13. The maximum absolute atomic E-state index is 8.84. The highest BCUT2D eigenvalue weighted by Crippen LogP contribution is 2.14. The Labute approximate surface area is 101 Å². The largest absolute Gasteiger partial charge is 0.370 e. The Bertz CT molecular complexity index is 529. The van der Waals surface area contributed by atoms with Crippen LogP contribution in [0.15, 0.2) is 48.8 Å². The average molecular weight is 223 g/mol. The van der Waals surface area contributed by atoms with Crippen molar-refractivity contribution >= 4 is 5.69 Å². The molecule has 0 atom stereocenters. The van der Waals surface area contributed by atoms with Crippen LogP contribution in [-0.4, -0.2) is 12.0 Å². The summed E-state index contributed by atoms with van der Waals surface area (Å²) >= 11 is 0. The van der Waals surface area contributed by atoms with Crippen LogP contribution < -0.4 is 4.90 Å². The number of aromatic nitrogens is 1. The molecule has 2 aromatic rings. The fourth-order valence-corrected chi connectivity index (χ4v) is 1.70. The van der Waals surface area contributed by atoms with Crippen molar-refractivity contribution in [2.75, 3.05) is 11.9 Å². The highest BCUT2D eigenvalue weighted by molar-refractivity contribution is 5.45. The number of rotatable bonds is 3. The lowest BCUT2D eigenvalue weighted by molar-refractivity contribution is 0.920. The first-order valence-corrected chi connectivity index (χ1v) is 5.40. The second-order valence-electron chi connectivity index (χ2n) is 3.87. The molecule has 0 spiro atoms. The zero-order valence-corrected chi connectivity index (χ0v) is 9.67. The van der Waals surface area contributed by atoms with E-state index >= 15 is 0 Å². The van der Waals surface area contributed by atoms with Crippen LogP contribution in [0.3, 0.4) is 0 Å². The number of hydrogen-bond donors (Lipinski definition) is 0. The van der Waals surface area contributed by atoms with Gasteiger partial charge in [0.05, 0.1) is 11.6 Å². The highest BCUT2D eigenvalue weighted by Gasteiger charge is 2.02. The van der Waals surface area contributed by atoms with Crippen molar-refractivity contribution in [3.63, 3.8) is 0 Å². The topological polar surface area (TPSA) is 39.9 Å². The Morgan fingerprint density at radius 2 is 2.00 bits per heavy atom. The Hall–Kier alpha value is -2.34. The molecule has 0 saturated heterocycles. The van der Waals surface area contributed by atoms with Gasteiger partial charge in [0.2, 0.25) is 0 Å². The fraction of sp³-hybridized carbons (Fsp3) is 0.143. The summed E-state index contributed by atoms with van der Waals surface area (Å²) in [5, 5.41) is 8.84. The second-order valence-corrected chi connectivity index (χ2v) is 3.87. The van der Waals surface area contributed by atoms with Gasteiger partial charge in [-0.25, -0.2) is 0 Å². The molecule has 17 heavy (non-hydrogen) atoms. The van der Waals surface area contributed by atoms with Gasteiger partial charge in [0, 0.05) is 31.7 Å². The van der Waals surface area contributed by atoms with Gasteiger partial charge >= 0.3 is 0 Å². The van der Waals surface area contributed by atoms with Crippen LogP contribution in [0.4, 0.5) is 5.69 Å². The third-order valence-electron chi connectivity index (χ3n) is 2.58. The van der Waals surface area contributed by atoms with E-state index in [1.54, 1.807) is 12.4 Å². The zero-order valence-electron chi connectivity index (χ0n) is 9.67. The third-order valence-corrected chi connectivity index (χ3v) is 2.58. The summed E-state index contributed by atoms with van der Waals surface area (Å²) in [6.07, 6.45) is 3.55. The van der Waals surface area contributed by atoms with Crippen molar-refractivity contribution in [3.8, 4) is 6.07 Å². The van der Waals surface area contributed by atoms with E-state index in [4.69, 9.17) is 5.26 Å². The summed E-state index contributed by atoms with van der Waals surface area (Å²) < 4.78 is 0. The normalized spacial score (nSPS) is 9.65. The molecule has 84 valence electrons. The molecule has 0 aliphatic rings. The molecule has 0 N–H and O–H groups in total. The van der Waals surface area contributed by atoms with Crippen molar-refractivity contribution in [3.05, 3.63) is 59.9 Å². The average Bonchev–Trinajstić information content (AvgIpc) is 2.40. The van der Waals surface area contributed by atoms with E-state index in [1.165, 1.54) is 0 Å². The minimum atomic E-state index is 0.700. The van der Waals surface area contributed by atoms with Crippen molar-refractivity contribution < 1.29 is 0 Å². The molecule has 0 bridgehead atoms. The molecule has 0 radical (unpaired) electrons. The first-order chi connectivity index (χ1) is 8.29. The lowest BCUT2D eigenvalue weighted by Crippen LogP contribution is -2.16. The molecule has 1 aromatic heterocycles. The first-order valence-electron chi connectivity index (χ1n) is 5.40. The molecule has 1 heterocycles. The Morgan fingerprint density at radius 3 is 2.71 bits per heavy atom. The smallest absolute Gasteiger partial charge is 0.0991 e. The number of nitriles is 1. The van der Waals surface area contributed by atoms with Crippen LogP contribution in [0.2, 0.25) is 0 Å². The van der Waals surface area contributed by atoms with Crippen molar-refractivity contribution in [2.24, 2.45) is 0 Å². The third kappa shape index (κ3) is 2.82. The molecule has 0 fully saturated rings. The SMILES string of the molecule is CN(Cc1cccc(C#N)c1)c1ccncc1. The van der Waals surface area contributed by atoms with Gasteiger partial charge in [0.15, 0.2) is 0 Å². The number of pyridine rings is 1. The van der Waals surface area contributed by atoms with Gasteiger partial charge in [-0.15, -0.1) is 0 Å². The van der Waals surface area contributed by atoms with Gasteiger partial charge in [0.25, 0.3) is 0 Å². The predicted molar refractivity (Wildman–Crippen MR) is 67.5 cm³/mol. The van der Waals surface area contributed by atoms with Crippen LogP contribution in [-0.2, 0) is 6.54 Å². The number of nitrogens with zero attached hydrogens (tertiary/aromatic N) is 3. The molecule has 0 amide bonds. The standard InChI is InChI=1S/C14H13N3/c1-17(14-5-7-16-8-6-14)11-13-4-2-3-12(9-13)10-15/h2-9H,11H2,1H3. The number of benzene rings is 1. The summed E-state index contributed by atoms with van der Waals surface area (Å²) in [5.41, 5.74) is 2.94. The maximum atomic E-state index is 8.84. The van der Waals surface area contributed by atoms with E-state index in [9.17, 15) is 0 Å². The fourth-order valence-electron chi connectivity index (χ4n) is 1.70. The number of hydrogen-bond acceptors (Lipinski definition) is 3. The molecule has 2 rings (SSSR count). The Morgan fingerprint density at radius 1 is 1.24 bits per heavy atom. The van der Waals surface area contributed by atoms with E-state index in [2.05, 4.69) is 16.0 Å². The van der Waals surface area contributed by atoms with Gasteiger partial charge in [-0.2, -0.15) is 5.26 Å². The van der Waals surface area contributed by atoms with Crippen LogP contribution in [0, 0.1) is 11.3 Å². The van der Waals surface area contributed by atoms with Crippen molar-refractivity contribution in [1.82, 2.24) is 4.98 Å². The molecule has 0 saturated carbocycles. The van der Waals surface area contributed by atoms with Gasteiger partial charge in [-0.1, -0.05) is 12.1 Å². The lowest BCUT2D eigenvalue weighted by Gasteiger charge is -2.19. The molecule has 0 aliphatic heterocycles. The van der Waals surface area contributed by atoms with Gasteiger partial charge in [0.1, 0.15) is 0 Å². The second kappa shape index (κ2) is 5.13. The minimum Gasteiger partial charge on any atom is -0.370 e. The molecule has 0 unspecified atom stereocenters. The van der Waals surface area contributed by atoms with Crippen LogP contribution in [0.25, 0.3) is 0 Å². The molecule has 3 nitrogen and oxygen atoms in total. The minimum absolute atomic E-state index is 0.700. The first kappa shape index (κ1) is 11.2. The summed E-state index contributed by atoms with van der Waals surface area (Å²) in [4.78, 5) is 6.12. The molecule has 1 aromatic carbocycles. The summed E-state index contributed by atoms with van der Waals surface area (Å²) in [6, 6.07) is 13.8. The van der Waals surface area contributed by atoms with E-state index in [1.807, 2.05) is 43.4 Å². The molecular formula is C14H13N3. The van der Waals surface area contributed by atoms with Crippen LogP contribution in [0.5, 0.6) is 0 Å².